The number of nitrogens with two attached hydrogens (primary N) is 1. The Balaban J connectivity index is 1.86. The molecule has 0 aliphatic rings. The van der Waals surface area contributed by atoms with E-state index in [2.05, 4.69) is 0 Å². The second kappa shape index (κ2) is 7.18. The maximum Gasteiger partial charge on any atom is 0.338 e. The molecule has 110 valence electrons. The molecule has 0 fully saturated rings. The predicted molar refractivity (Wildman–Crippen MR) is 87.8 cm³/mol. The first-order valence-corrected chi connectivity index (χ1v) is 7.78. The summed E-state index contributed by atoms with van der Waals surface area (Å²) in [5, 5.41) is 0. The maximum absolute atomic E-state index is 12.1. The van der Waals surface area contributed by atoms with Gasteiger partial charge >= 0.3 is 5.97 Å². The molecule has 0 aromatic heterocycles. The van der Waals surface area contributed by atoms with Crippen molar-refractivity contribution in [3.63, 3.8) is 0 Å². The van der Waals surface area contributed by atoms with E-state index in [1.165, 1.54) is 4.90 Å². The van der Waals surface area contributed by atoms with E-state index in [0.717, 1.165) is 16.9 Å². The highest BCUT2D eigenvalue weighted by molar-refractivity contribution is 7.99. The monoisotopic (exact) mass is 301 g/mol. The fourth-order valence-electron chi connectivity index (χ4n) is 1.98. The van der Waals surface area contributed by atoms with Crippen molar-refractivity contribution in [3.8, 4) is 0 Å². The zero-order valence-electron chi connectivity index (χ0n) is 12.3. The first-order chi connectivity index (χ1) is 10.1. The lowest BCUT2D eigenvalue weighted by Gasteiger charge is -2.09. The minimum Gasteiger partial charge on any atom is -0.461 e. The fraction of sp³-hybridized carbons (Fsp3) is 0.235. The molecule has 0 unspecified atom stereocenters. The molecule has 0 saturated heterocycles. The van der Waals surface area contributed by atoms with Crippen LogP contribution in [0.3, 0.4) is 0 Å². The van der Waals surface area contributed by atoms with Crippen LogP contribution in [0, 0.1) is 13.8 Å². The summed E-state index contributed by atoms with van der Waals surface area (Å²) in [5.74, 6) is 0.420. The van der Waals surface area contributed by atoms with Gasteiger partial charge in [-0.3, -0.25) is 0 Å². The number of hydrogen-bond donors (Lipinski definition) is 1. The van der Waals surface area contributed by atoms with Crippen LogP contribution in [0.25, 0.3) is 0 Å². The molecule has 0 aliphatic heterocycles. The molecule has 2 N–H and O–H groups in total. The van der Waals surface area contributed by atoms with Crippen molar-refractivity contribution in [2.75, 3.05) is 18.1 Å². The third-order valence-electron chi connectivity index (χ3n) is 3.16. The fourth-order valence-corrected chi connectivity index (χ4v) is 2.73. The maximum atomic E-state index is 12.1. The van der Waals surface area contributed by atoms with Crippen LogP contribution in [-0.2, 0) is 4.74 Å². The minimum atomic E-state index is -0.312. The van der Waals surface area contributed by atoms with E-state index in [-0.39, 0.29) is 5.97 Å². The predicted octanol–water partition coefficient (Wildman–Crippen LogP) is 3.83. The zero-order valence-corrected chi connectivity index (χ0v) is 13.1. The Morgan fingerprint density at radius 1 is 1.14 bits per heavy atom. The highest BCUT2D eigenvalue weighted by Crippen LogP contribution is 2.19. The number of ether oxygens (including phenoxy) is 1. The number of anilines is 1. The molecule has 0 bridgehead atoms. The number of hydrogen-bond acceptors (Lipinski definition) is 4. The molecule has 3 nitrogen and oxygen atoms in total. The SMILES string of the molecule is Cc1cc(C)c(C(=O)OCCSc2ccccc2)cc1N. The molecular weight excluding hydrogens is 282 g/mol. The lowest BCUT2D eigenvalue weighted by molar-refractivity contribution is 0.0529. The molecule has 2 aromatic carbocycles. The molecule has 0 atom stereocenters. The largest absolute Gasteiger partial charge is 0.461 e. The smallest absolute Gasteiger partial charge is 0.338 e. The van der Waals surface area contributed by atoms with Crippen molar-refractivity contribution in [1.29, 1.82) is 0 Å². The van der Waals surface area contributed by atoms with Crippen LogP contribution < -0.4 is 5.73 Å². The Hall–Kier alpha value is -1.94. The molecule has 4 heteroatoms. The van der Waals surface area contributed by atoms with Gasteiger partial charge in [0.25, 0.3) is 0 Å². The lowest BCUT2D eigenvalue weighted by atomic mass is 10.0. The summed E-state index contributed by atoms with van der Waals surface area (Å²) in [6.07, 6.45) is 0. The van der Waals surface area contributed by atoms with Crippen molar-refractivity contribution in [3.05, 3.63) is 59.2 Å². The van der Waals surface area contributed by atoms with Crippen LogP contribution in [0.4, 0.5) is 5.69 Å². The van der Waals surface area contributed by atoms with E-state index in [1.54, 1.807) is 17.8 Å². The summed E-state index contributed by atoms with van der Waals surface area (Å²) in [5.41, 5.74) is 8.87. The van der Waals surface area contributed by atoms with Gasteiger partial charge in [0.1, 0.15) is 6.61 Å². The first-order valence-electron chi connectivity index (χ1n) is 6.79. The summed E-state index contributed by atoms with van der Waals surface area (Å²) < 4.78 is 5.31. The summed E-state index contributed by atoms with van der Waals surface area (Å²) in [6, 6.07) is 13.6. The Morgan fingerprint density at radius 2 is 1.86 bits per heavy atom. The molecular formula is C17H19NO2S. The number of nitrogen functional groups attached to an aromatic ring is 1. The van der Waals surface area contributed by atoms with Crippen LogP contribution in [0.1, 0.15) is 21.5 Å². The highest BCUT2D eigenvalue weighted by Gasteiger charge is 2.12. The van der Waals surface area contributed by atoms with Gasteiger partial charge in [0.15, 0.2) is 0 Å². The van der Waals surface area contributed by atoms with Gasteiger partial charge in [-0.2, -0.15) is 0 Å². The van der Waals surface area contributed by atoms with Gasteiger partial charge in [-0.15, -0.1) is 11.8 Å². The number of benzene rings is 2. The molecule has 2 aromatic rings. The molecule has 0 saturated carbocycles. The second-order valence-electron chi connectivity index (χ2n) is 4.82. The summed E-state index contributed by atoms with van der Waals surface area (Å²) >= 11 is 1.67. The van der Waals surface area contributed by atoms with Gasteiger partial charge in [-0.25, -0.2) is 4.79 Å². The molecule has 0 aliphatic carbocycles. The quantitative estimate of drug-likeness (QED) is 0.394. The molecule has 0 radical (unpaired) electrons. The molecule has 21 heavy (non-hydrogen) atoms. The first kappa shape index (κ1) is 15.4. The second-order valence-corrected chi connectivity index (χ2v) is 5.99. The summed E-state index contributed by atoms with van der Waals surface area (Å²) in [4.78, 5) is 13.2. The van der Waals surface area contributed by atoms with Crippen molar-refractivity contribution >= 4 is 23.4 Å². The van der Waals surface area contributed by atoms with Crippen LogP contribution >= 0.6 is 11.8 Å². The molecule has 2 rings (SSSR count). The topological polar surface area (TPSA) is 52.3 Å². The normalized spacial score (nSPS) is 10.4. The van der Waals surface area contributed by atoms with E-state index in [0.29, 0.717) is 17.9 Å². The van der Waals surface area contributed by atoms with E-state index >= 15 is 0 Å². The van der Waals surface area contributed by atoms with Crippen LogP contribution in [0.2, 0.25) is 0 Å². The van der Waals surface area contributed by atoms with Gasteiger partial charge in [0.2, 0.25) is 0 Å². The van der Waals surface area contributed by atoms with Crippen LogP contribution in [0.5, 0.6) is 0 Å². The van der Waals surface area contributed by atoms with Gasteiger partial charge in [0, 0.05) is 16.3 Å². The molecule has 0 amide bonds. The number of carbonyl (C=O) groups excluding carboxylic acids is 1. The van der Waals surface area contributed by atoms with Crippen molar-refractivity contribution < 1.29 is 9.53 Å². The zero-order chi connectivity index (χ0) is 15.2. The van der Waals surface area contributed by atoms with Gasteiger partial charge in [-0.05, 0) is 43.2 Å². The number of thioether (sulfide) groups is 1. The average molecular weight is 301 g/mol. The van der Waals surface area contributed by atoms with E-state index in [4.69, 9.17) is 10.5 Å². The summed E-state index contributed by atoms with van der Waals surface area (Å²) in [7, 11) is 0. The van der Waals surface area contributed by atoms with E-state index in [9.17, 15) is 4.79 Å². The number of rotatable bonds is 5. The standard InChI is InChI=1S/C17H19NO2S/c1-12-10-13(2)16(18)11-15(12)17(19)20-8-9-21-14-6-4-3-5-7-14/h3-7,10-11H,8-9,18H2,1-2H3. The van der Waals surface area contributed by atoms with Crippen LogP contribution in [0.15, 0.2) is 47.4 Å². The van der Waals surface area contributed by atoms with Gasteiger partial charge in [0.05, 0.1) is 5.56 Å². The van der Waals surface area contributed by atoms with Crippen molar-refractivity contribution in [2.45, 2.75) is 18.7 Å². The summed E-state index contributed by atoms with van der Waals surface area (Å²) in [6.45, 7) is 4.20. The van der Waals surface area contributed by atoms with Crippen LogP contribution in [-0.4, -0.2) is 18.3 Å². The molecule has 0 spiro atoms. The lowest BCUT2D eigenvalue weighted by Crippen LogP contribution is -2.10. The van der Waals surface area contributed by atoms with E-state index in [1.807, 2.05) is 50.2 Å². The Kier molecular flexibility index (Phi) is 5.28. The van der Waals surface area contributed by atoms with E-state index < -0.39 is 0 Å². The minimum absolute atomic E-state index is 0.312. The average Bonchev–Trinajstić information content (AvgIpc) is 2.48. The number of carbonyl (C=O) groups is 1. The Morgan fingerprint density at radius 3 is 2.57 bits per heavy atom. The van der Waals surface area contributed by atoms with Crippen molar-refractivity contribution in [2.24, 2.45) is 0 Å². The van der Waals surface area contributed by atoms with Gasteiger partial charge < -0.3 is 10.5 Å². The Bertz CT molecular complexity index is 626. The number of aryl methyl sites for hydroxylation is 2. The highest BCUT2D eigenvalue weighted by atomic mass is 32.2. The van der Waals surface area contributed by atoms with Gasteiger partial charge in [-0.1, -0.05) is 24.3 Å². The third-order valence-corrected chi connectivity index (χ3v) is 4.14. The molecule has 0 heterocycles. The third kappa shape index (κ3) is 4.26. The Labute approximate surface area is 129 Å². The van der Waals surface area contributed by atoms with Crippen molar-refractivity contribution in [1.82, 2.24) is 0 Å². The number of esters is 1.